The minimum atomic E-state index is 0.343. The summed E-state index contributed by atoms with van der Waals surface area (Å²) >= 11 is 5.90. The van der Waals surface area contributed by atoms with Gasteiger partial charge in [0.15, 0.2) is 0 Å². The standard InChI is InChI=1S/C17H17ClO/c1-10-9-11(2)17(19)13(4)16(10)12(3)14-5-7-15(18)8-6-14/h5-9,19H,3H2,1-2,4H3. The average molecular weight is 273 g/mol. The minimum absolute atomic E-state index is 0.343. The molecular formula is C17H17ClO. The third-order valence-corrected chi connectivity index (χ3v) is 3.68. The largest absolute Gasteiger partial charge is 0.507 e. The van der Waals surface area contributed by atoms with Gasteiger partial charge in [0.25, 0.3) is 0 Å². The van der Waals surface area contributed by atoms with E-state index in [1.807, 2.05) is 51.1 Å². The van der Waals surface area contributed by atoms with Crippen LogP contribution in [0.3, 0.4) is 0 Å². The highest BCUT2D eigenvalue weighted by Crippen LogP contribution is 2.34. The number of hydrogen-bond donors (Lipinski definition) is 1. The Kier molecular flexibility index (Phi) is 3.68. The fourth-order valence-electron chi connectivity index (χ4n) is 2.43. The molecule has 2 aromatic rings. The van der Waals surface area contributed by atoms with E-state index < -0.39 is 0 Å². The molecule has 0 unspecified atom stereocenters. The number of phenolic OH excluding ortho intramolecular Hbond substituents is 1. The van der Waals surface area contributed by atoms with Crippen molar-refractivity contribution < 1.29 is 5.11 Å². The van der Waals surface area contributed by atoms with Crippen LogP contribution in [0.1, 0.15) is 27.8 Å². The Morgan fingerprint density at radius 1 is 1.05 bits per heavy atom. The van der Waals surface area contributed by atoms with E-state index in [1.165, 1.54) is 0 Å². The van der Waals surface area contributed by atoms with Gasteiger partial charge in [-0.05, 0) is 66.3 Å². The average Bonchev–Trinajstić information content (AvgIpc) is 2.37. The number of aromatic hydroxyl groups is 1. The summed E-state index contributed by atoms with van der Waals surface area (Å²) in [4.78, 5) is 0. The fraction of sp³-hybridized carbons (Fsp3) is 0.176. The Hall–Kier alpha value is -1.73. The van der Waals surface area contributed by atoms with E-state index >= 15 is 0 Å². The second-order valence-corrected chi connectivity index (χ2v) is 5.28. The van der Waals surface area contributed by atoms with Gasteiger partial charge in [0.1, 0.15) is 5.75 Å². The summed E-state index contributed by atoms with van der Waals surface area (Å²) in [6.07, 6.45) is 0. The summed E-state index contributed by atoms with van der Waals surface area (Å²) in [6.45, 7) is 10.0. The molecule has 0 bridgehead atoms. The van der Waals surface area contributed by atoms with E-state index in [0.717, 1.165) is 33.4 Å². The second-order valence-electron chi connectivity index (χ2n) is 4.84. The first-order valence-corrected chi connectivity index (χ1v) is 6.54. The van der Waals surface area contributed by atoms with Crippen LogP contribution in [0.25, 0.3) is 5.57 Å². The maximum Gasteiger partial charge on any atom is 0.122 e. The highest BCUT2D eigenvalue weighted by molar-refractivity contribution is 6.30. The lowest BCUT2D eigenvalue weighted by molar-refractivity contribution is 0.466. The quantitative estimate of drug-likeness (QED) is 0.813. The van der Waals surface area contributed by atoms with Crippen LogP contribution in [0.2, 0.25) is 5.02 Å². The van der Waals surface area contributed by atoms with Crippen molar-refractivity contribution in [3.8, 4) is 5.75 Å². The molecule has 0 fully saturated rings. The lowest BCUT2D eigenvalue weighted by Crippen LogP contribution is -1.96. The van der Waals surface area contributed by atoms with E-state index in [-0.39, 0.29) is 0 Å². The highest BCUT2D eigenvalue weighted by atomic mass is 35.5. The van der Waals surface area contributed by atoms with Crippen LogP contribution < -0.4 is 0 Å². The molecule has 19 heavy (non-hydrogen) atoms. The van der Waals surface area contributed by atoms with Gasteiger partial charge in [-0.1, -0.05) is 36.4 Å². The van der Waals surface area contributed by atoms with Gasteiger partial charge in [0, 0.05) is 5.02 Å². The number of halogens is 1. The Balaban J connectivity index is 2.56. The minimum Gasteiger partial charge on any atom is -0.507 e. The molecule has 1 N–H and O–H groups in total. The number of phenols is 1. The van der Waals surface area contributed by atoms with Gasteiger partial charge in [0.2, 0.25) is 0 Å². The van der Waals surface area contributed by atoms with Gasteiger partial charge >= 0.3 is 0 Å². The Morgan fingerprint density at radius 3 is 2.21 bits per heavy atom. The first kappa shape index (κ1) is 13.7. The number of aryl methyl sites for hydroxylation is 2. The van der Waals surface area contributed by atoms with Gasteiger partial charge in [-0.25, -0.2) is 0 Å². The van der Waals surface area contributed by atoms with Crippen molar-refractivity contribution in [2.45, 2.75) is 20.8 Å². The van der Waals surface area contributed by atoms with Gasteiger partial charge in [0.05, 0.1) is 0 Å². The number of benzene rings is 2. The summed E-state index contributed by atoms with van der Waals surface area (Å²) in [6, 6.07) is 9.57. The Labute approximate surface area is 119 Å². The van der Waals surface area contributed by atoms with Gasteiger partial charge < -0.3 is 5.11 Å². The molecule has 2 heteroatoms. The molecule has 2 rings (SSSR count). The SMILES string of the molecule is C=C(c1ccc(Cl)cc1)c1c(C)cc(C)c(O)c1C. The van der Waals surface area contributed by atoms with Gasteiger partial charge in [-0.15, -0.1) is 0 Å². The summed E-state index contributed by atoms with van der Waals surface area (Å²) in [5, 5.41) is 10.8. The lowest BCUT2D eigenvalue weighted by Gasteiger charge is -2.16. The summed E-state index contributed by atoms with van der Waals surface area (Å²) < 4.78 is 0. The molecule has 2 aromatic carbocycles. The van der Waals surface area contributed by atoms with Crippen LogP contribution in [0.4, 0.5) is 0 Å². The molecule has 0 atom stereocenters. The summed E-state index contributed by atoms with van der Waals surface area (Å²) in [7, 11) is 0. The van der Waals surface area contributed by atoms with Crippen LogP contribution >= 0.6 is 11.6 Å². The van der Waals surface area contributed by atoms with Gasteiger partial charge in [-0.2, -0.15) is 0 Å². The monoisotopic (exact) mass is 272 g/mol. The predicted octanol–water partition coefficient (Wildman–Crippen LogP) is 5.03. The topological polar surface area (TPSA) is 20.2 Å². The first-order valence-electron chi connectivity index (χ1n) is 6.16. The van der Waals surface area contributed by atoms with E-state index in [2.05, 4.69) is 6.58 Å². The molecule has 1 nitrogen and oxygen atoms in total. The Bertz CT molecular complexity index is 639. The molecule has 98 valence electrons. The molecule has 0 aromatic heterocycles. The van der Waals surface area contributed by atoms with Crippen molar-refractivity contribution in [3.63, 3.8) is 0 Å². The first-order chi connectivity index (χ1) is 8.91. The maximum atomic E-state index is 10.1. The van der Waals surface area contributed by atoms with Crippen molar-refractivity contribution in [1.29, 1.82) is 0 Å². The molecule has 0 amide bonds. The molecule has 0 aliphatic heterocycles. The molecule has 0 spiro atoms. The third kappa shape index (κ3) is 2.52. The maximum absolute atomic E-state index is 10.1. The van der Waals surface area contributed by atoms with Crippen molar-refractivity contribution in [3.05, 3.63) is 69.8 Å². The molecule has 0 heterocycles. The zero-order valence-electron chi connectivity index (χ0n) is 11.4. The molecular weight excluding hydrogens is 256 g/mol. The second kappa shape index (κ2) is 5.10. The van der Waals surface area contributed by atoms with E-state index in [1.54, 1.807) is 0 Å². The van der Waals surface area contributed by atoms with Crippen molar-refractivity contribution in [2.24, 2.45) is 0 Å². The number of rotatable bonds is 2. The fourth-order valence-corrected chi connectivity index (χ4v) is 2.56. The van der Waals surface area contributed by atoms with Crippen molar-refractivity contribution >= 4 is 17.2 Å². The van der Waals surface area contributed by atoms with E-state index in [0.29, 0.717) is 10.8 Å². The Morgan fingerprint density at radius 2 is 1.63 bits per heavy atom. The normalized spacial score (nSPS) is 10.5. The van der Waals surface area contributed by atoms with Crippen molar-refractivity contribution in [2.75, 3.05) is 0 Å². The molecule has 0 radical (unpaired) electrons. The van der Waals surface area contributed by atoms with Crippen LogP contribution in [0.5, 0.6) is 5.75 Å². The summed E-state index contributed by atoms with van der Waals surface area (Å²) in [5.74, 6) is 0.343. The smallest absolute Gasteiger partial charge is 0.122 e. The van der Waals surface area contributed by atoms with E-state index in [9.17, 15) is 5.11 Å². The molecule has 0 aliphatic carbocycles. The predicted molar refractivity (Wildman–Crippen MR) is 81.9 cm³/mol. The van der Waals surface area contributed by atoms with Gasteiger partial charge in [-0.3, -0.25) is 0 Å². The molecule has 0 saturated carbocycles. The zero-order chi connectivity index (χ0) is 14.2. The van der Waals surface area contributed by atoms with Crippen LogP contribution in [0, 0.1) is 20.8 Å². The van der Waals surface area contributed by atoms with E-state index in [4.69, 9.17) is 11.6 Å². The summed E-state index contributed by atoms with van der Waals surface area (Å²) in [5.41, 5.74) is 5.80. The van der Waals surface area contributed by atoms with Crippen LogP contribution in [0.15, 0.2) is 36.9 Å². The third-order valence-electron chi connectivity index (χ3n) is 3.43. The zero-order valence-corrected chi connectivity index (χ0v) is 12.2. The molecule has 0 saturated heterocycles. The molecule has 0 aliphatic rings. The highest BCUT2D eigenvalue weighted by Gasteiger charge is 2.13. The van der Waals surface area contributed by atoms with Crippen LogP contribution in [-0.4, -0.2) is 5.11 Å². The van der Waals surface area contributed by atoms with Crippen molar-refractivity contribution in [1.82, 2.24) is 0 Å². The number of hydrogen-bond acceptors (Lipinski definition) is 1. The lowest BCUT2D eigenvalue weighted by atomic mass is 9.90. The van der Waals surface area contributed by atoms with Crippen LogP contribution in [-0.2, 0) is 0 Å².